The summed E-state index contributed by atoms with van der Waals surface area (Å²) in [4.78, 5) is 4.91. The highest BCUT2D eigenvalue weighted by molar-refractivity contribution is 14.0. The fourth-order valence-electron chi connectivity index (χ4n) is 2.43. The highest BCUT2D eigenvalue weighted by atomic mass is 127. The Balaban J connectivity index is 0.00000364. The van der Waals surface area contributed by atoms with Crippen molar-refractivity contribution >= 4 is 39.8 Å². The van der Waals surface area contributed by atoms with Crippen molar-refractivity contribution in [2.24, 2.45) is 4.99 Å². The largest absolute Gasteiger partial charge is 0.357 e. The maximum atomic E-state index is 11.5. The zero-order valence-corrected chi connectivity index (χ0v) is 18.9. The van der Waals surface area contributed by atoms with Crippen molar-refractivity contribution < 1.29 is 8.42 Å². The molecule has 0 aliphatic heterocycles. The lowest BCUT2D eigenvalue weighted by Gasteiger charge is -2.11. The van der Waals surface area contributed by atoms with Crippen LogP contribution in [0.3, 0.4) is 0 Å². The van der Waals surface area contributed by atoms with Gasteiger partial charge in [0.1, 0.15) is 0 Å². The van der Waals surface area contributed by atoms with Gasteiger partial charge in [-0.1, -0.05) is 12.1 Å². The third-order valence-corrected chi connectivity index (χ3v) is 4.90. The van der Waals surface area contributed by atoms with E-state index in [1.54, 1.807) is 18.3 Å². The third kappa shape index (κ3) is 8.74. The lowest BCUT2D eigenvalue weighted by atomic mass is 10.1. The Kier molecular flexibility index (Phi) is 10.4. The van der Waals surface area contributed by atoms with E-state index in [2.05, 4.69) is 20.7 Å². The molecule has 0 unspecified atom stereocenters. The number of hydrogen-bond donors (Lipinski definition) is 2. The normalized spacial score (nSPS) is 11.7. The molecule has 27 heavy (non-hydrogen) atoms. The Morgan fingerprint density at radius 1 is 1.22 bits per heavy atom. The monoisotopic (exact) mass is 505 g/mol. The number of hydrogen-bond acceptors (Lipinski definition) is 4. The Morgan fingerprint density at radius 2 is 1.96 bits per heavy atom. The van der Waals surface area contributed by atoms with Crippen molar-refractivity contribution in [1.82, 2.24) is 20.4 Å². The van der Waals surface area contributed by atoms with Crippen LogP contribution in [0.5, 0.6) is 0 Å². The van der Waals surface area contributed by atoms with E-state index in [4.69, 9.17) is 0 Å². The third-order valence-electron chi connectivity index (χ3n) is 3.78. The Hall–Kier alpha value is -1.62. The molecule has 0 atom stereocenters. The molecule has 0 fully saturated rings. The number of sulfone groups is 1. The summed E-state index contributed by atoms with van der Waals surface area (Å²) in [7, 11) is -3.14. The Morgan fingerprint density at radius 3 is 2.56 bits per heavy atom. The van der Waals surface area contributed by atoms with Crippen molar-refractivity contribution in [3.05, 3.63) is 48.3 Å². The first kappa shape index (κ1) is 23.4. The fraction of sp³-hybridized carbons (Fsp3) is 0.444. The zero-order chi connectivity index (χ0) is 18.8. The number of nitrogens with one attached hydrogen (secondary N) is 2. The van der Waals surface area contributed by atoms with Gasteiger partial charge < -0.3 is 10.6 Å². The predicted octanol–water partition coefficient (Wildman–Crippen LogP) is 2.09. The number of benzene rings is 1. The van der Waals surface area contributed by atoms with Crippen LogP contribution in [0.1, 0.15) is 18.9 Å². The average molecular weight is 505 g/mol. The van der Waals surface area contributed by atoms with Crippen LogP contribution in [0.15, 0.2) is 52.6 Å². The molecule has 0 bridgehead atoms. The van der Waals surface area contributed by atoms with Gasteiger partial charge in [0, 0.05) is 44.8 Å². The summed E-state index contributed by atoms with van der Waals surface area (Å²) in [6.45, 7) is 5.13. The molecule has 0 aliphatic carbocycles. The molecule has 7 nitrogen and oxygen atoms in total. The van der Waals surface area contributed by atoms with Gasteiger partial charge in [-0.3, -0.25) is 9.67 Å². The Bertz CT molecular complexity index is 790. The highest BCUT2D eigenvalue weighted by Crippen LogP contribution is 2.10. The highest BCUT2D eigenvalue weighted by Gasteiger charge is 2.06. The second kappa shape index (κ2) is 12.0. The van der Waals surface area contributed by atoms with Crippen LogP contribution in [0.2, 0.25) is 0 Å². The number of halogens is 1. The van der Waals surface area contributed by atoms with Crippen LogP contribution >= 0.6 is 24.0 Å². The summed E-state index contributed by atoms with van der Waals surface area (Å²) in [6, 6.07) is 8.92. The molecule has 150 valence electrons. The lowest BCUT2D eigenvalue weighted by Crippen LogP contribution is -2.38. The van der Waals surface area contributed by atoms with E-state index >= 15 is 0 Å². The molecule has 9 heteroatoms. The van der Waals surface area contributed by atoms with Crippen molar-refractivity contribution in [3.63, 3.8) is 0 Å². The molecule has 1 aromatic heterocycles. The van der Waals surface area contributed by atoms with Gasteiger partial charge in [0.25, 0.3) is 0 Å². The first-order valence-electron chi connectivity index (χ1n) is 8.77. The summed E-state index contributed by atoms with van der Waals surface area (Å²) in [6.07, 6.45) is 6.65. The molecule has 2 aromatic rings. The van der Waals surface area contributed by atoms with E-state index in [9.17, 15) is 8.42 Å². The molecule has 0 radical (unpaired) electrons. The SMILES string of the molecule is CCNC(=NCCCn1cccn1)NCCc1ccc(S(C)(=O)=O)cc1.I. The van der Waals surface area contributed by atoms with Gasteiger partial charge in [0.05, 0.1) is 4.90 Å². The summed E-state index contributed by atoms with van der Waals surface area (Å²) < 4.78 is 24.9. The number of rotatable bonds is 9. The van der Waals surface area contributed by atoms with Crippen molar-refractivity contribution in [2.45, 2.75) is 31.2 Å². The number of nitrogens with zero attached hydrogens (tertiary/aromatic N) is 3. The van der Waals surface area contributed by atoms with Crippen LogP contribution in [0, 0.1) is 0 Å². The maximum Gasteiger partial charge on any atom is 0.191 e. The number of guanidine groups is 1. The summed E-state index contributed by atoms with van der Waals surface area (Å²) in [5.74, 6) is 0.792. The summed E-state index contributed by atoms with van der Waals surface area (Å²) >= 11 is 0. The fourth-order valence-corrected chi connectivity index (χ4v) is 3.06. The molecular formula is C18H28IN5O2S. The van der Waals surface area contributed by atoms with Gasteiger partial charge in [0.2, 0.25) is 0 Å². The molecule has 1 aromatic carbocycles. The smallest absolute Gasteiger partial charge is 0.191 e. The zero-order valence-electron chi connectivity index (χ0n) is 15.8. The van der Waals surface area contributed by atoms with E-state index in [0.29, 0.717) is 4.90 Å². The molecule has 0 saturated carbocycles. The van der Waals surface area contributed by atoms with E-state index < -0.39 is 9.84 Å². The van der Waals surface area contributed by atoms with Crippen LogP contribution in [0.4, 0.5) is 0 Å². The van der Waals surface area contributed by atoms with Crippen LogP contribution in [-0.2, 0) is 22.8 Å². The number of aryl methyl sites for hydroxylation is 1. The van der Waals surface area contributed by atoms with Gasteiger partial charge >= 0.3 is 0 Å². The predicted molar refractivity (Wildman–Crippen MR) is 119 cm³/mol. The molecule has 0 spiro atoms. The molecule has 0 aliphatic rings. The molecule has 2 rings (SSSR count). The Labute approximate surface area is 178 Å². The molecular weight excluding hydrogens is 477 g/mol. The van der Waals surface area contributed by atoms with E-state index in [1.165, 1.54) is 6.26 Å². The van der Waals surface area contributed by atoms with Crippen LogP contribution in [0.25, 0.3) is 0 Å². The van der Waals surface area contributed by atoms with Gasteiger partial charge in [0.15, 0.2) is 15.8 Å². The first-order valence-corrected chi connectivity index (χ1v) is 10.7. The van der Waals surface area contributed by atoms with Gasteiger partial charge in [-0.05, 0) is 43.5 Å². The van der Waals surface area contributed by atoms with E-state index in [1.807, 2.05) is 36.0 Å². The first-order chi connectivity index (χ1) is 12.5. The van der Waals surface area contributed by atoms with Gasteiger partial charge in [-0.15, -0.1) is 24.0 Å². The van der Waals surface area contributed by atoms with E-state index in [-0.39, 0.29) is 24.0 Å². The van der Waals surface area contributed by atoms with E-state index in [0.717, 1.165) is 50.5 Å². The van der Waals surface area contributed by atoms with Gasteiger partial charge in [-0.25, -0.2) is 8.42 Å². The second-order valence-corrected chi connectivity index (χ2v) is 7.99. The average Bonchev–Trinajstić information content (AvgIpc) is 3.12. The second-order valence-electron chi connectivity index (χ2n) is 5.98. The molecule has 0 saturated heterocycles. The van der Waals surface area contributed by atoms with Crippen LogP contribution < -0.4 is 10.6 Å². The minimum atomic E-state index is -3.14. The van der Waals surface area contributed by atoms with Crippen molar-refractivity contribution in [2.75, 3.05) is 25.9 Å². The lowest BCUT2D eigenvalue weighted by molar-refractivity contribution is 0.584. The number of aliphatic imine (C=N–C) groups is 1. The van der Waals surface area contributed by atoms with Crippen molar-refractivity contribution in [1.29, 1.82) is 0 Å². The molecule has 1 heterocycles. The topological polar surface area (TPSA) is 88.4 Å². The summed E-state index contributed by atoms with van der Waals surface area (Å²) in [5, 5.41) is 10.7. The quantitative estimate of drug-likeness (QED) is 0.236. The van der Waals surface area contributed by atoms with Crippen molar-refractivity contribution in [3.8, 4) is 0 Å². The van der Waals surface area contributed by atoms with Gasteiger partial charge in [-0.2, -0.15) is 5.10 Å². The standard InChI is InChI=1S/C18H27N5O2S.HI/c1-3-19-18(20-11-4-14-23-15-5-12-22-23)21-13-10-16-6-8-17(9-7-16)26(2,24)25;/h5-9,12,15H,3-4,10-11,13-14H2,1-2H3,(H2,19,20,21);1H. The van der Waals surface area contributed by atoms with Crippen LogP contribution in [-0.4, -0.2) is 50.0 Å². The molecule has 0 amide bonds. The molecule has 2 N–H and O–H groups in total. The minimum absolute atomic E-state index is 0. The summed E-state index contributed by atoms with van der Waals surface area (Å²) in [5.41, 5.74) is 1.08. The minimum Gasteiger partial charge on any atom is -0.357 e. The number of aromatic nitrogens is 2. The maximum absolute atomic E-state index is 11.5.